The quantitative estimate of drug-likeness (QED) is 0.514. The molecule has 1 saturated heterocycles. The van der Waals surface area contributed by atoms with E-state index in [1.807, 2.05) is 12.1 Å². The van der Waals surface area contributed by atoms with Crippen LogP contribution in [-0.4, -0.2) is 71.1 Å². The number of fused-ring (bicyclic) bond motifs is 1. The predicted molar refractivity (Wildman–Crippen MR) is 137 cm³/mol. The molecule has 1 fully saturated rings. The third-order valence-electron chi connectivity index (χ3n) is 6.21. The number of nitrogens with one attached hydrogen (secondary N) is 1. The third-order valence-corrected chi connectivity index (χ3v) is 7.44. The minimum absolute atomic E-state index is 0.0889. The van der Waals surface area contributed by atoms with Crippen LogP contribution in [0.3, 0.4) is 0 Å². The van der Waals surface area contributed by atoms with Gasteiger partial charge in [-0.25, -0.2) is 0 Å². The van der Waals surface area contributed by atoms with Crippen LogP contribution in [0.2, 0.25) is 4.34 Å². The summed E-state index contributed by atoms with van der Waals surface area (Å²) in [5.41, 5.74) is 1.51. The second kappa shape index (κ2) is 10.1. The molecule has 0 bridgehead atoms. The number of halogens is 1. The Balaban J connectivity index is 1.27. The number of carbonyl (C=O) groups excluding carboxylic acids is 4. The predicted octanol–water partition coefficient (Wildman–Crippen LogP) is 3.38. The van der Waals surface area contributed by atoms with E-state index < -0.39 is 17.7 Å². The molecular formula is C25H22ClN5O4S. The van der Waals surface area contributed by atoms with Gasteiger partial charge in [-0.05, 0) is 42.8 Å². The third kappa shape index (κ3) is 4.69. The Kier molecular flexibility index (Phi) is 6.71. The SMILES string of the molecule is O=C(Nc1cccc2c1C(=O)N(CC(=O)N1CCCN(c3ccncc3)CC1)C2=O)c1ccc(Cl)s1. The summed E-state index contributed by atoms with van der Waals surface area (Å²) in [6.07, 6.45) is 4.23. The first-order valence-corrected chi connectivity index (χ1v) is 12.6. The van der Waals surface area contributed by atoms with Crippen LogP contribution in [0.5, 0.6) is 0 Å². The van der Waals surface area contributed by atoms with Crippen molar-refractivity contribution in [2.75, 3.05) is 42.9 Å². The van der Waals surface area contributed by atoms with Gasteiger partial charge in [-0.2, -0.15) is 0 Å². The number of rotatable bonds is 5. The van der Waals surface area contributed by atoms with Crippen molar-refractivity contribution in [3.63, 3.8) is 0 Å². The minimum Gasteiger partial charge on any atom is -0.370 e. The summed E-state index contributed by atoms with van der Waals surface area (Å²) >= 11 is 7.03. The molecule has 0 saturated carbocycles. The maximum atomic E-state index is 13.2. The molecule has 4 amide bonds. The van der Waals surface area contributed by atoms with Gasteiger partial charge < -0.3 is 15.1 Å². The molecule has 0 aliphatic carbocycles. The smallest absolute Gasteiger partial charge is 0.265 e. The first kappa shape index (κ1) is 24.0. The Labute approximate surface area is 216 Å². The molecule has 2 aliphatic rings. The van der Waals surface area contributed by atoms with Gasteiger partial charge in [0.1, 0.15) is 6.54 Å². The number of hydrogen-bond acceptors (Lipinski definition) is 7. The first-order valence-electron chi connectivity index (χ1n) is 11.4. The molecular weight excluding hydrogens is 502 g/mol. The molecule has 9 nitrogen and oxygen atoms in total. The normalized spacial score (nSPS) is 15.6. The van der Waals surface area contributed by atoms with Crippen LogP contribution in [0, 0.1) is 0 Å². The fourth-order valence-electron chi connectivity index (χ4n) is 4.42. The monoisotopic (exact) mass is 523 g/mol. The van der Waals surface area contributed by atoms with Gasteiger partial charge in [-0.1, -0.05) is 17.7 Å². The molecule has 2 aromatic heterocycles. The van der Waals surface area contributed by atoms with Crippen LogP contribution < -0.4 is 10.2 Å². The van der Waals surface area contributed by atoms with Crippen molar-refractivity contribution in [3.8, 4) is 0 Å². The second-order valence-corrected chi connectivity index (χ2v) is 10.1. The summed E-state index contributed by atoms with van der Waals surface area (Å²) in [7, 11) is 0. The molecule has 11 heteroatoms. The number of pyridine rings is 1. The Morgan fingerprint density at radius 3 is 2.53 bits per heavy atom. The Hall–Kier alpha value is -3.76. The van der Waals surface area contributed by atoms with E-state index in [-0.39, 0.29) is 29.3 Å². The fraction of sp³-hybridized carbons (Fsp3) is 0.240. The highest BCUT2D eigenvalue weighted by Gasteiger charge is 2.39. The van der Waals surface area contributed by atoms with Crippen molar-refractivity contribution < 1.29 is 19.2 Å². The molecule has 0 atom stereocenters. The Morgan fingerprint density at radius 2 is 1.78 bits per heavy atom. The lowest BCUT2D eigenvalue weighted by Gasteiger charge is -2.24. The molecule has 36 heavy (non-hydrogen) atoms. The molecule has 0 radical (unpaired) electrons. The number of benzene rings is 1. The highest BCUT2D eigenvalue weighted by atomic mass is 35.5. The number of imide groups is 1. The number of carbonyl (C=O) groups is 4. The van der Waals surface area contributed by atoms with Crippen LogP contribution in [0.15, 0.2) is 54.9 Å². The molecule has 3 aromatic rings. The number of thiophene rings is 1. The highest BCUT2D eigenvalue weighted by molar-refractivity contribution is 7.18. The van der Waals surface area contributed by atoms with E-state index in [0.29, 0.717) is 28.8 Å². The molecule has 5 rings (SSSR count). The number of aromatic nitrogens is 1. The summed E-state index contributed by atoms with van der Waals surface area (Å²) in [6, 6.07) is 11.7. The lowest BCUT2D eigenvalue weighted by molar-refractivity contribution is -0.131. The Morgan fingerprint density at radius 1 is 0.972 bits per heavy atom. The summed E-state index contributed by atoms with van der Waals surface area (Å²) < 4.78 is 0.465. The van der Waals surface area contributed by atoms with Crippen LogP contribution in [0.4, 0.5) is 11.4 Å². The molecule has 0 spiro atoms. The van der Waals surface area contributed by atoms with E-state index in [0.717, 1.165) is 34.9 Å². The molecule has 4 heterocycles. The standard InChI is InChI=1S/C25H22ClN5O4S/c26-20-6-5-19(36-20)23(33)28-18-4-1-3-17-22(18)25(35)31(24(17)34)15-21(32)30-12-2-11-29(13-14-30)16-7-9-27-10-8-16/h1,3-10H,2,11-15H2,(H,28,33). The van der Waals surface area contributed by atoms with Gasteiger partial charge in [0.25, 0.3) is 17.7 Å². The van der Waals surface area contributed by atoms with Crippen LogP contribution >= 0.6 is 22.9 Å². The maximum Gasteiger partial charge on any atom is 0.265 e. The second-order valence-electron chi connectivity index (χ2n) is 8.41. The number of hydrogen-bond donors (Lipinski definition) is 1. The minimum atomic E-state index is -0.600. The number of amides is 4. The van der Waals surface area contributed by atoms with Crippen LogP contribution in [-0.2, 0) is 4.79 Å². The van der Waals surface area contributed by atoms with Gasteiger partial charge in [-0.3, -0.25) is 29.1 Å². The molecule has 1 aromatic carbocycles. The van der Waals surface area contributed by atoms with E-state index in [4.69, 9.17) is 11.6 Å². The van der Waals surface area contributed by atoms with Crippen molar-refractivity contribution in [2.45, 2.75) is 6.42 Å². The lowest BCUT2D eigenvalue weighted by Crippen LogP contribution is -2.44. The van der Waals surface area contributed by atoms with Crippen LogP contribution in [0.25, 0.3) is 0 Å². The molecule has 184 valence electrons. The van der Waals surface area contributed by atoms with Crippen LogP contribution in [0.1, 0.15) is 36.8 Å². The average molecular weight is 524 g/mol. The largest absolute Gasteiger partial charge is 0.370 e. The zero-order chi connectivity index (χ0) is 25.2. The van der Waals surface area contributed by atoms with Gasteiger partial charge in [0.05, 0.1) is 26.0 Å². The van der Waals surface area contributed by atoms with E-state index in [1.165, 1.54) is 6.07 Å². The molecule has 2 aliphatic heterocycles. The summed E-state index contributed by atoms with van der Waals surface area (Å²) in [5, 5.41) is 2.70. The van der Waals surface area contributed by atoms with Crippen molar-refractivity contribution in [3.05, 3.63) is 75.2 Å². The number of anilines is 2. The first-order chi connectivity index (χ1) is 17.4. The fourth-order valence-corrected chi connectivity index (χ4v) is 5.36. The Bertz CT molecular complexity index is 1350. The van der Waals surface area contributed by atoms with Gasteiger partial charge in [-0.15, -0.1) is 11.3 Å². The van der Waals surface area contributed by atoms with Crippen molar-refractivity contribution in [2.24, 2.45) is 0 Å². The maximum absolute atomic E-state index is 13.2. The average Bonchev–Trinajstić information content (AvgIpc) is 3.30. The van der Waals surface area contributed by atoms with E-state index in [9.17, 15) is 19.2 Å². The summed E-state index contributed by atoms with van der Waals surface area (Å²) in [5.74, 6) is -1.87. The summed E-state index contributed by atoms with van der Waals surface area (Å²) in [6.45, 7) is 2.10. The van der Waals surface area contributed by atoms with Gasteiger partial charge in [0.15, 0.2) is 0 Å². The molecule has 1 N–H and O–H groups in total. The van der Waals surface area contributed by atoms with Gasteiger partial charge in [0.2, 0.25) is 5.91 Å². The topological polar surface area (TPSA) is 103 Å². The molecule has 0 unspecified atom stereocenters. The van der Waals surface area contributed by atoms with Crippen molar-refractivity contribution in [1.82, 2.24) is 14.8 Å². The van der Waals surface area contributed by atoms with Gasteiger partial charge >= 0.3 is 0 Å². The zero-order valence-corrected chi connectivity index (χ0v) is 20.7. The van der Waals surface area contributed by atoms with E-state index in [2.05, 4.69) is 15.2 Å². The number of nitrogens with zero attached hydrogens (tertiary/aromatic N) is 4. The van der Waals surface area contributed by atoms with E-state index in [1.54, 1.807) is 41.6 Å². The highest BCUT2D eigenvalue weighted by Crippen LogP contribution is 2.31. The zero-order valence-electron chi connectivity index (χ0n) is 19.1. The van der Waals surface area contributed by atoms with E-state index >= 15 is 0 Å². The lowest BCUT2D eigenvalue weighted by atomic mass is 10.1. The van der Waals surface area contributed by atoms with Gasteiger partial charge in [0, 0.05) is 44.3 Å². The summed E-state index contributed by atoms with van der Waals surface area (Å²) in [4.78, 5) is 61.2. The van der Waals surface area contributed by atoms with Crippen molar-refractivity contribution >= 4 is 57.9 Å². The van der Waals surface area contributed by atoms with Crippen molar-refractivity contribution in [1.29, 1.82) is 0 Å².